The van der Waals surface area contributed by atoms with Crippen molar-refractivity contribution in [3.05, 3.63) is 42.1 Å². The van der Waals surface area contributed by atoms with Crippen molar-refractivity contribution in [2.45, 2.75) is 25.9 Å². The van der Waals surface area contributed by atoms with E-state index in [-0.39, 0.29) is 0 Å². The molecule has 0 spiro atoms. The number of hydrogen-bond donors (Lipinski definition) is 1. The van der Waals surface area contributed by atoms with Crippen LogP contribution in [0, 0.1) is 5.92 Å². The third-order valence-corrected chi connectivity index (χ3v) is 4.00. The molecule has 0 radical (unpaired) electrons. The van der Waals surface area contributed by atoms with Gasteiger partial charge in [0.15, 0.2) is 0 Å². The average Bonchev–Trinajstić information content (AvgIpc) is 2.99. The summed E-state index contributed by atoms with van der Waals surface area (Å²) in [5.41, 5.74) is 2.37. The lowest BCUT2D eigenvalue weighted by Gasteiger charge is -2.19. The van der Waals surface area contributed by atoms with Gasteiger partial charge in [-0.25, -0.2) is 0 Å². The number of benzene rings is 1. The smallest absolute Gasteiger partial charge is 0.0746 e. The lowest BCUT2D eigenvalue weighted by Crippen LogP contribution is -2.33. The van der Waals surface area contributed by atoms with E-state index in [2.05, 4.69) is 41.5 Å². The van der Waals surface area contributed by atoms with Gasteiger partial charge >= 0.3 is 0 Å². The summed E-state index contributed by atoms with van der Waals surface area (Å²) < 4.78 is 5.45. The number of aromatic nitrogens is 1. The van der Waals surface area contributed by atoms with Gasteiger partial charge in [0.25, 0.3) is 0 Å². The third kappa shape index (κ3) is 2.77. The number of pyridine rings is 1. The topological polar surface area (TPSA) is 34.2 Å². The van der Waals surface area contributed by atoms with Crippen molar-refractivity contribution in [3.63, 3.8) is 0 Å². The largest absolute Gasteiger partial charge is 0.381 e. The minimum Gasteiger partial charge on any atom is -0.381 e. The van der Waals surface area contributed by atoms with Crippen LogP contribution in [0.5, 0.6) is 0 Å². The summed E-state index contributed by atoms with van der Waals surface area (Å²) >= 11 is 0. The number of fused-ring (bicyclic) bond motifs is 1. The van der Waals surface area contributed by atoms with Gasteiger partial charge in [0.2, 0.25) is 0 Å². The first-order valence-electron chi connectivity index (χ1n) is 6.98. The van der Waals surface area contributed by atoms with Gasteiger partial charge in [0.05, 0.1) is 12.1 Å². The van der Waals surface area contributed by atoms with E-state index in [4.69, 9.17) is 4.74 Å². The van der Waals surface area contributed by atoms with E-state index >= 15 is 0 Å². The predicted octanol–water partition coefficient (Wildman–Crippen LogP) is 2.75. The Morgan fingerprint density at radius 1 is 1.37 bits per heavy atom. The zero-order valence-corrected chi connectivity index (χ0v) is 11.3. The van der Waals surface area contributed by atoms with E-state index in [0.29, 0.717) is 12.0 Å². The summed E-state index contributed by atoms with van der Waals surface area (Å²) in [5.74, 6) is 0.642. The maximum absolute atomic E-state index is 5.45. The molecule has 1 fully saturated rings. The van der Waals surface area contributed by atoms with Gasteiger partial charge in [-0.2, -0.15) is 0 Å². The molecule has 19 heavy (non-hydrogen) atoms. The molecule has 2 atom stereocenters. The van der Waals surface area contributed by atoms with Crippen LogP contribution in [0.4, 0.5) is 0 Å². The fourth-order valence-corrected chi connectivity index (χ4v) is 2.69. The van der Waals surface area contributed by atoms with Crippen molar-refractivity contribution in [1.82, 2.24) is 10.3 Å². The lowest BCUT2D eigenvalue weighted by atomic mass is 10.0. The second-order valence-electron chi connectivity index (χ2n) is 5.29. The zero-order chi connectivity index (χ0) is 13.1. The molecule has 3 rings (SSSR count). The normalized spacial score (nSPS) is 20.8. The van der Waals surface area contributed by atoms with Crippen LogP contribution in [-0.4, -0.2) is 24.2 Å². The highest BCUT2D eigenvalue weighted by atomic mass is 16.5. The van der Waals surface area contributed by atoms with Gasteiger partial charge < -0.3 is 10.1 Å². The number of nitrogens with one attached hydrogen (secondary N) is 1. The maximum atomic E-state index is 5.45. The second kappa shape index (κ2) is 5.68. The molecule has 0 amide bonds. The summed E-state index contributed by atoms with van der Waals surface area (Å²) in [5, 5.41) is 4.82. The zero-order valence-electron chi connectivity index (χ0n) is 11.3. The number of rotatable bonds is 4. The SMILES string of the molecule is CC(NCc1cccc2cccnc12)C1CCOC1. The second-order valence-corrected chi connectivity index (χ2v) is 5.29. The highest BCUT2D eigenvalue weighted by Crippen LogP contribution is 2.19. The Labute approximate surface area is 114 Å². The number of ether oxygens (including phenoxy) is 1. The van der Waals surface area contributed by atoms with Gasteiger partial charge in [-0.05, 0) is 30.9 Å². The van der Waals surface area contributed by atoms with E-state index in [1.165, 1.54) is 17.4 Å². The molecule has 0 aliphatic carbocycles. The number of nitrogens with zero attached hydrogens (tertiary/aromatic N) is 1. The Morgan fingerprint density at radius 2 is 2.26 bits per heavy atom. The Kier molecular flexibility index (Phi) is 3.76. The van der Waals surface area contributed by atoms with E-state index in [1.807, 2.05) is 12.3 Å². The number of hydrogen-bond acceptors (Lipinski definition) is 3. The Bertz CT molecular complexity index is 544. The molecular weight excluding hydrogens is 236 g/mol. The van der Waals surface area contributed by atoms with Crippen LogP contribution in [0.2, 0.25) is 0 Å². The Morgan fingerprint density at radius 3 is 3.11 bits per heavy atom. The fraction of sp³-hybridized carbons (Fsp3) is 0.438. The van der Waals surface area contributed by atoms with E-state index in [9.17, 15) is 0 Å². The van der Waals surface area contributed by atoms with Crippen LogP contribution in [0.25, 0.3) is 10.9 Å². The monoisotopic (exact) mass is 256 g/mol. The fourth-order valence-electron chi connectivity index (χ4n) is 2.69. The predicted molar refractivity (Wildman–Crippen MR) is 77.0 cm³/mol. The van der Waals surface area contributed by atoms with Crippen molar-refractivity contribution in [2.24, 2.45) is 5.92 Å². The third-order valence-electron chi connectivity index (χ3n) is 4.00. The van der Waals surface area contributed by atoms with Crippen molar-refractivity contribution in [1.29, 1.82) is 0 Å². The minimum absolute atomic E-state index is 0.487. The van der Waals surface area contributed by atoms with Gasteiger partial charge in [-0.3, -0.25) is 4.98 Å². The molecule has 2 heterocycles. The quantitative estimate of drug-likeness (QED) is 0.913. The Hall–Kier alpha value is -1.45. The summed E-state index contributed by atoms with van der Waals surface area (Å²) in [6, 6.07) is 10.9. The molecule has 1 aromatic heterocycles. The number of para-hydroxylation sites is 1. The van der Waals surface area contributed by atoms with E-state index in [1.54, 1.807) is 0 Å². The van der Waals surface area contributed by atoms with Crippen molar-refractivity contribution < 1.29 is 4.74 Å². The molecule has 2 aromatic rings. The molecule has 1 aliphatic rings. The van der Waals surface area contributed by atoms with Gasteiger partial charge in [-0.1, -0.05) is 24.3 Å². The first kappa shape index (κ1) is 12.6. The molecular formula is C16H20N2O. The highest BCUT2D eigenvalue weighted by molar-refractivity contribution is 5.81. The molecule has 0 bridgehead atoms. The van der Waals surface area contributed by atoms with Gasteiger partial charge in [-0.15, -0.1) is 0 Å². The van der Waals surface area contributed by atoms with Crippen molar-refractivity contribution in [2.75, 3.05) is 13.2 Å². The molecule has 1 aromatic carbocycles. The summed E-state index contributed by atoms with van der Waals surface area (Å²) in [4.78, 5) is 4.49. The van der Waals surface area contributed by atoms with Crippen LogP contribution < -0.4 is 5.32 Å². The average molecular weight is 256 g/mol. The standard InChI is InChI=1S/C16H20N2O/c1-12(15-7-9-19-11-15)18-10-14-5-2-4-13-6-3-8-17-16(13)14/h2-6,8,12,15,18H,7,9-11H2,1H3. The first-order valence-corrected chi connectivity index (χ1v) is 6.98. The van der Waals surface area contributed by atoms with Crippen molar-refractivity contribution in [3.8, 4) is 0 Å². The van der Waals surface area contributed by atoms with Crippen LogP contribution in [-0.2, 0) is 11.3 Å². The van der Waals surface area contributed by atoms with Crippen molar-refractivity contribution >= 4 is 10.9 Å². The molecule has 3 nitrogen and oxygen atoms in total. The molecule has 100 valence electrons. The molecule has 1 aliphatic heterocycles. The van der Waals surface area contributed by atoms with Crippen LogP contribution >= 0.6 is 0 Å². The van der Waals surface area contributed by atoms with E-state index < -0.39 is 0 Å². The molecule has 0 saturated carbocycles. The van der Waals surface area contributed by atoms with E-state index in [0.717, 1.165) is 25.3 Å². The molecule has 1 saturated heterocycles. The van der Waals surface area contributed by atoms with Gasteiger partial charge in [0, 0.05) is 30.8 Å². The molecule has 3 heteroatoms. The summed E-state index contributed by atoms with van der Waals surface area (Å²) in [6.45, 7) is 4.92. The van der Waals surface area contributed by atoms with Crippen LogP contribution in [0.15, 0.2) is 36.5 Å². The van der Waals surface area contributed by atoms with Crippen LogP contribution in [0.3, 0.4) is 0 Å². The highest BCUT2D eigenvalue weighted by Gasteiger charge is 2.21. The molecule has 1 N–H and O–H groups in total. The first-order chi connectivity index (χ1) is 9.34. The summed E-state index contributed by atoms with van der Waals surface area (Å²) in [6.07, 6.45) is 3.03. The Balaban J connectivity index is 1.71. The lowest BCUT2D eigenvalue weighted by molar-refractivity contribution is 0.178. The minimum atomic E-state index is 0.487. The maximum Gasteiger partial charge on any atom is 0.0746 e. The van der Waals surface area contributed by atoms with Gasteiger partial charge in [0.1, 0.15) is 0 Å². The molecule has 2 unspecified atom stereocenters. The summed E-state index contributed by atoms with van der Waals surface area (Å²) in [7, 11) is 0. The van der Waals surface area contributed by atoms with Crippen LogP contribution in [0.1, 0.15) is 18.9 Å².